The van der Waals surface area contributed by atoms with Crippen molar-refractivity contribution in [2.45, 2.75) is 46.6 Å². The Kier molecular flexibility index (Phi) is 5.12. The molecule has 1 N–H and O–H groups in total. The van der Waals surface area contributed by atoms with Gasteiger partial charge in [-0.1, -0.05) is 70.2 Å². The first kappa shape index (κ1) is 16.1. The van der Waals surface area contributed by atoms with Crippen molar-refractivity contribution in [2.75, 3.05) is 6.54 Å². The van der Waals surface area contributed by atoms with Crippen LogP contribution in [-0.4, -0.2) is 16.7 Å². The molecule has 4 heteroatoms. The van der Waals surface area contributed by atoms with Crippen LogP contribution >= 0.6 is 11.3 Å². The number of aromatic nitrogens is 2. The van der Waals surface area contributed by atoms with Crippen LogP contribution in [0.25, 0.3) is 10.6 Å². The summed E-state index contributed by atoms with van der Waals surface area (Å²) in [6.45, 7) is 12.9. The summed E-state index contributed by atoms with van der Waals surface area (Å²) in [5.41, 5.74) is 2.64. The van der Waals surface area contributed by atoms with Gasteiger partial charge in [-0.25, -0.2) is 0 Å². The normalized spacial score (nSPS) is 12.1. The van der Waals surface area contributed by atoms with E-state index in [0.717, 1.165) is 23.1 Å². The molecule has 2 rings (SSSR count). The summed E-state index contributed by atoms with van der Waals surface area (Å²) >= 11 is 1.68. The fraction of sp³-hybridized carbons (Fsp3) is 0.529. The van der Waals surface area contributed by atoms with Gasteiger partial charge < -0.3 is 5.32 Å². The molecule has 0 atom stereocenters. The van der Waals surface area contributed by atoms with E-state index in [4.69, 9.17) is 0 Å². The lowest BCUT2D eigenvalue weighted by Crippen LogP contribution is -2.18. The Labute approximate surface area is 131 Å². The molecule has 2 aromatic rings. The smallest absolute Gasteiger partial charge is 0.148 e. The minimum atomic E-state index is 0.109. The van der Waals surface area contributed by atoms with E-state index < -0.39 is 0 Å². The maximum Gasteiger partial charge on any atom is 0.148 e. The van der Waals surface area contributed by atoms with Gasteiger partial charge in [0.1, 0.15) is 10.0 Å². The third-order valence-corrected chi connectivity index (χ3v) is 4.22. The second kappa shape index (κ2) is 6.67. The van der Waals surface area contributed by atoms with Crippen molar-refractivity contribution < 1.29 is 0 Å². The number of rotatable bonds is 5. The highest BCUT2D eigenvalue weighted by Gasteiger charge is 2.20. The summed E-state index contributed by atoms with van der Waals surface area (Å²) in [4.78, 5) is 0. The van der Waals surface area contributed by atoms with Gasteiger partial charge in [0.25, 0.3) is 0 Å². The molecule has 0 amide bonds. The van der Waals surface area contributed by atoms with Crippen LogP contribution in [-0.2, 0) is 12.0 Å². The Morgan fingerprint density at radius 1 is 1.14 bits per heavy atom. The molecule has 3 nitrogen and oxygen atoms in total. The average molecular weight is 303 g/mol. The molecule has 0 aliphatic carbocycles. The van der Waals surface area contributed by atoms with Crippen LogP contribution in [0.15, 0.2) is 24.3 Å². The van der Waals surface area contributed by atoms with Crippen molar-refractivity contribution in [2.24, 2.45) is 5.92 Å². The lowest BCUT2D eigenvalue weighted by Gasteiger charge is -2.21. The van der Waals surface area contributed by atoms with Gasteiger partial charge in [-0.2, -0.15) is 0 Å². The highest BCUT2D eigenvalue weighted by atomic mass is 32.1. The lowest BCUT2D eigenvalue weighted by molar-refractivity contribution is 0.550. The van der Waals surface area contributed by atoms with Gasteiger partial charge in [-0.3, -0.25) is 0 Å². The van der Waals surface area contributed by atoms with Crippen molar-refractivity contribution in [1.29, 1.82) is 0 Å². The molecule has 0 aliphatic heterocycles. The van der Waals surface area contributed by atoms with Gasteiger partial charge in [0.15, 0.2) is 0 Å². The summed E-state index contributed by atoms with van der Waals surface area (Å²) < 4.78 is 0. The van der Waals surface area contributed by atoms with Crippen LogP contribution < -0.4 is 5.32 Å². The van der Waals surface area contributed by atoms with E-state index in [1.54, 1.807) is 11.3 Å². The minimum Gasteiger partial charge on any atom is -0.310 e. The first-order chi connectivity index (χ1) is 9.88. The Hall–Kier alpha value is -1.26. The van der Waals surface area contributed by atoms with Crippen LogP contribution in [0, 0.1) is 5.92 Å². The number of hydrogen-bond donors (Lipinski definition) is 1. The summed E-state index contributed by atoms with van der Waals surface area (Å²) in [5.74, 6) is 0.652. The molecule has 1 heterocycles. The minimum absolute atomic E-state index is 0.109. The summed E-state index contributed by atoms with van der Waals surface area (Å²) in [5, 5.41) is 14.2. The number of nitrogens with zero attached hydrogens (tertiary/aromatic N) is 2. The van der Waals surface area contributed by atoms with Crippen molar-refractivity contribution in [1.82, 2.24) is 15.5 Å². The summed E-state index contributed by atoms with van der Waals surface area (Å²) in [7, 11) is 0. The number of hydrogen-bond acceptors (Lipinski definition) is 4. The molecule has 0 fully saturated rings. The van der Waals surface area contributed by atoms with E-state index in [1.165, 1.54) is 11.1 Å². The molecule has 0 radical (unpaired) electrons. The Morgan fingerprint density at radius 2 is 1.86 bits per heavy atom. The van der Waals surface area contributed by atoms with Crippen molar-refractivity contribution in [3.63, 3.8) is 0 Å². The fourth-order valence-corrected chi connectivity index (χ4v) is 3.07. The predicted octanol–water partition coefficient (Wildman–Crippen LogP) is 4.25. The van der Waals surface area contributed by atoms with Crippen molar-refractivity contribution >= 4 is 11.3 Å². The third-order valence-electron chi connectivity index (χ3n) is 3.26. The molecule has 0 spiro atoms. The van der Waals surface area contributed by atoms with Crippen LogP contribution in [0.2, 0.25) is 0 Å². The summed E-state index contributed by atoms with van der Waals surface area (Å²) in [6, 6.07) is 8.50. The first-order valence-electron chi connectivity index (χ1n) is 7.51. The maximum absolute atomic E-state index is 4.39. The van der Waals surface area contributed by atoms with Gasteiger partial charge in [0.2, 0.25) is 0 Å². The van der Waals surface area contributed by atoms with Gasteiger partial charge >= 0.3 is 0 Å². The number of benzene rings is 1. The Balaban J connectivity index is 2.18. The molecular weight excluding hydrogens is 278 g/mol. The van der Waals surface area contributed by atoms with E-state index in [9.17, 15) is 0 Å². The quantitative estimate of drug-likeness (QED) is 0.897. The topological polar surface area (TPSA) is 37.8 Å². The number of nitrogens with one attached hydrogen (secondary N) is 1. The lowest BCUT2D eigenvalue weighted by atomic mass is 9.84. The van der Waals surface area contributed by atoms with E-state index in [0.29, 0.717) is 5.92 Å². The second-order valence-corrected chi connectivity index (χ2v) is 7.88. The largest absolute Gasteiger partial charge is 0.310 e. The molecule has 1 aromatic carbocycles. The predicted molar refractivity (Wildman–Crippen MR) is 90.6 cm³/mol. The molecule has 114 valence electrons. The molecule has 0 unspecified atom stereocenters. The van der Waals surface area contributed by atoms with Crippen molar-refractivity contribution in [3.8, 4) is 10.6 Å². The van der Waals surface area contributed by atoms with E-state index in [-0.39, 0.29) is 5.41 Å². The maximum atomic E-state index is 4.39. The monoisotopic (exact) mass is 303 g/mol. The van der Waals surface area contributed by atoms with Crippen LogP contribution in [0.4, 0.5) is 0 Å². The van der Waals surface area contributed by atoms with Gasteiger partial charge in [-0.15, -0.1) is 10.2 Å². The fourth-order valence-electron chi connectivity index (χ4n) is 2.23. The zero-order valence-corrected chi connectivity index (χ0v) is 14.4. The average Bonchev–Trinajstić information content (AvgIpc) is 2.86. The van der Waals surface area contributed by atoms with E-state index >= 15 is 0 Å². The molecule has 1 aromatic heterocycles. The SMILES string of the molecule is CC(C)CNCc1nnc(-c2ccccc2C(C)(C)C)s1. The van der Waals surface area contributed by atoms with E-state index in [2.05, 4.69) is 74.4 Å². The highest BCUT2D eigenvalue weighted by molar-refractivity contribution is 7.14. The van der Waals surface area contributed by atoms with Crippen LogP contribution in [0.5, 0.6) is 0 Å². The van der Waals surface area contributed by atoms with Crippen molar-refractivity contribution in [3.05, 3.63) is 34.8 Å². The molecule has 0 saturated carbocycles. The van der Waals surface area contributed by atoms with Crippen LogP contribution in [0.3, 0.4) is 0 Å². The Bertz CT molecular complexity index is 582. The van der Waals surface area contributed by atoms with Gasteiger partial charge in [0, 0.05) is 12.1 Å². The standard InChI is InChI=1S/C17H25N3S/c1-12(2)10-18-11-15-19-20-16(21-15)13-8-6-7-9-14(13)17(3,4)5/h6-9,12,18H,10-11H2,1-5H3. The van der Waals surface area contributed by atoms with Gasteiger partial charge in [0.05, 0.1) is 0 Å². The van der Waals surface area contributed by atoms with Gasteiger partial charge in [-0.05, 0) is 23.4 Å². The molecular formula is C17H25N3S. The zero-order chi connectivity index (χ0) is 15.5. The molecule has 0 aliphatic rings. The molecule has 21 heavy (non-hydrogen) atoms. The van der Waals surface area contributed by atoms with E-state index in [1.807, 2.05) is 0 Å². The van der Waals surface area contributed by atoms with Crippen LogP contribution in [0.1, 0.15) is 45.2 Å². The second-order valence-electron chi connectivity index (χ2n) is 6.82. The Morgan fingerprint density at radius 3 is 2.52 bits per heavy atom. The first-order valence-corrected chi connectivity index (χ1v) is 8.32. The highest BCUT2D eigenvalue weighted by Crippen LogP contribution is 2.34. The third kappa shape index (κ3) is 4.35. The zero-order valence-electron chi connectivity index (χ0n) is 13.6. The summed E-state index contributed by atoms with van der Waals surface area (Å²) in [6.07, 6.45) is 0. The molecule has 0 saturated heterocycles. The molecule has 0 bridgehead atoms.